The summed E-state index contributed by atoms with van der Waals surface area (Å²) in [6, 6.07) is -0.844. The van der Waals surface area contributed by atoms with Gasteiger partial charge >= 0.3 is 5.97 Å². The van der Waals surface area contributed by atoms with Crippen molar-refractivity contribution in [3.8, 4) is 0 Å². The highest BCUT2D eigenvalue weighted by atomic mass is 16.7. The topological polar surface area (TPSA) is 175 Å². The summed E-state index contributed by atoms with van der Waals surface area (Å²) in [6.45, 7) is 4.18. The van der Waals surface area contributed by atoms with Gasteiger partial charge in [0.1, 0.15) is 24.4 Å². The van der Waals surface area contributed by atoms with Crippen LogP contribution in [-0.2, 0) is 23.8 Å². The zero-order chi connectivity index (χ0) is 46.0. The average molecular weight is 894 g/mol. The number of allylic oxidation sites excluding steroid dienone is 5. The van der Waals surface area contributed by atoms with Crippen LogP contribution in [0.4, 0.5) is 0 Å². The highest BCUT2D eigenvalue weighted by molar-refractivity contribution is 5.76. The van der Waals surface area contributed by atoms with E-state index in [0.717, 1.165) is 89.9 Å². The molecule has 11 nitrogen and oxygen atoms in total. The Hall–Kier alpha value is -2.12. The Labute approximate surface area is 383 Å². The summed E-state index contributed by atoms with van der Waals surface area (Å²) < 4.78 is 16.6. The van der Waals surface area contributed by atoms with E-state index in [0.29, 0.717) is 25.9 Å². The molecule has 7 unspecified atom stereocenters. The van der Waals surface area contributed by atoms with E-state index >= 15 is 0 Å². The Morgan fingerprint density at radius 3 is 1.60 bits per heavy atom. The van der Waals surface area contributed by atoms with Crippen molar-refractivity contribution >= 4 is 11.9 Å². The van der Waals surface area contributed by atoms with Gasteiger partial charge in [-0.25, -0.2) is 0 Å². The number of carbonyl (C=O) groups is 2. The van der Waals surface area contributed by atoms with Gasteiger partial charge in [0.25, 0.3) is 0 Å². The maximum atomic E-state index is 12.9. The normalized spacial score (nSPS) is 20.3. The average Bonchev–Trinajstić information content (AvgIpc) is 3.28. The van der Waals surface area contributed by atoms with E-state index in [1.807, 2.05) is 6.08 Å². The van der Waals surface area contributed by atoms with Gasteiger partial charge in [0.05, 0.1) is 32.0 Å². The summed E-state index contributed by atoms with van der Waals surface area (Å²) in [5.41, 5.74) is 0. The number of nitrogens with one attached hydrogen (secondary N) is 1. The summed E-state index contributed by atoms with van der Waals surface area (Å²) >= 11 is 0. The lowest BCUT2D eigenvalue weighted by Gasteiger charge is -2.40. The molecular formula is C52H95NO10. The molecule has 368 valence electrons. The summed E-state index contributed by atoms with van der Waals surface area (Å²) in [6.07, 6.45) is 39.5. The van der Waals surface area contributed by atoms with Crippen LogP contribution in [0.25, 0.3) is 0 Å². The number of rotatable bonds is 43. The number of ether oxygens (including phenoxy) is 3. The largest absolute Gasteiger partial charge is 0.466 e. The zero-order valence-electron chi connectivity index (χ0n) is 40.0. The molecule has 11 heteroatoms. The number of unbranched alkanes of at least 4 members (excludes halogenated alkanes) is 25. The van der Waals surface area contributed by atoms with Gasteiger partial charge in [-0.2, -0.15) is 0 Å². The molecule has 0 bridgehead atoms. The van der Waals surface area contributed by atoms with Crippen LogP contribution in [0.15, 0.2) is 36.5 Å². The van der Waals surface area contributed by atoms with Crippen LogP contribution < -0.4 is 5.32 Å². The molecule has 1 saturated heterocycles. The quantitative estimate of drug-likeness (QED) is 0.0196. The summed E-state index contributed by atoms with van der Waals surface area (Å²) in [4.78, 5) is 25.0. The molecule has 6 N–H and O–H groups in total. The Balaban J connectivity index is 2.16. The molecule has 0 saturated carbocycles. The van der Waals surface area contributed by atoms with Gasteiger partial charge in [0.15, 0.2) is 6.29 Å². The molecule has 1 aliphatic heterocycles. The zero-order valence-corrected chi connectivity index (χ0v) is 40.0. The van der Waals surface area contributed by atoms with Gasteiger partial charge in [-0.1, -0.05) is 166 Å². The maximum Gasteiger partial charge on any atom is 0.305 e. The molecule has 0 aromatic rings. The summed E-state index contributed by atoms with van der Waals surface area (Å²) in [5.74, 6) is -0.268. The molecule has 0 spiro atoms. The second-order valence-electron chi connectivity index (χ2n) is 17.9. The SMILES string of the molecule is CCCCC/C=C/CC/C=C/C(O)C(COC1OC(CO)C(O)C(O)C1O)NC(=O)CCCCCCC/C=C\CCCCCOC(=O)CCCCCCCCCCCCCCCC. The second kappa shape index (κ2) is 42.5. The van der Waals surface area contributed by atoms with Crippen LogP contribution >= 0.6 is 0 Å². The number of carbonyl (C=O) groups excluding carboxylic acids is 2. The van der Waals surface area contributed by atoms with Gasteiger partial charge in [-0.15, -0.1) is 0 Å². The fraction of sp³-hybridized carbons (Fsp3) is 0.846. The Morgan fingerprint density at radius 1 is 0.571 bits per heavy atom. The Bertz CT molecular complexity index is 1150. The lowest BCUT2D eigenvalue weighted by Crippen LogP contribution is -2.60. The molecule has 1 rings (SSSR count). The molecule has 0 aromatic carbocycles. The Morgan fingerprint density at radius 2 is 1.03 bits per heavy atom. The first-order valence-electron chi connectivity index (χ1n) is 25.8. The smallest absolute Gasteiger partial charge is 0.305 e. The number of hydrogen-bond acceptors (Lipinski definition) is 10. The van der Waals surface area contributed by atoms with Crippen LogP contribution in [0.5, 0.6) is 0 Å². The number of esters is 1. The predicted octanol–water partition coefficient (Wildman–Crippen LogP) is 10.4. The van der Waals surface area contributed by atoms with E-state index in [-0.39, 0.29) is 18.5 Å². The minimum atomic E-state index is -1.58. The molecule has 1 heterocycles. The molecule has 1 fully saturated rings. The first-order chi connectivity index (χ1) is 30.7. The van der Waals surface area contributed by atoms with E-state index in [9.17, 15) is 35.1 Å². The van der Waals surface area contributed by atoms with Crippen molar-refractivity contribution in [2.24, 2.45) is 0 Å². The molecule has 0 radical (unpaired) electrons. The standard InChI is InChI=1S/C52H95NO10/c1-3-5-7-9-11-13-14-15-16-20-24-28-32-36-40-48(57)61-41-37-33-29-25-21-18-17-19-23-27-31-35-39-47(56)53-44(45(55)38-34-30-26-22-12-10-8-6-4-2)43-62-52-51(60)50(59)49(58)46(42-54)63-52/h12,18,21-22,34,38,44-46,49-52,54-55,58-60H,3-11,13-17,19-20,23-33,35-37,39-43H2,1-2H3,(H,53,56)/b21-18-,22-12+,38-34+. The van der Waals surface area contributed by atoms with E-state index in [1.165, 1.54) is 96.3 Å². The molecule has 0 aliphatic carbocycles. The van der Waals surface area contributed by atoms with E-state index < -0.39 is 49.5 Å². The van der Waals surface area contributed by atoms with Crippen molar-refractivity contribution in [3.05, 3.63) is 36.5 Å². The van der Waals surface area contributed by atoms with E-state index in [1.54, 1.807) is 6.08 Å². The number of amides is 1. The third-order valence-corrected chi connectivity index (χ3v) is 12.0. The molecule has 1 amide bonds. The fourth-order valence-corrected chi connectivity index (χ4v) is 7.80. The lowest BCUT2D eigenvalue weighted by molar-refractivity contribution is -0.302. The van der Waals surface area contributed by atoms with Crippen molar-refractivity contribution in [2.75, 3.05) is 19.8 Å². The monoisotopic (exact) mass is 894 g/mol. The van der Waals surface area contributed by atoms with E-state index in [4.69, 9.17) is 14.2 Å². The Kier molecular flexibility index (Phi) is 39.7. The number of aliphatic hydroxyl groups excluding tert-OH is 5. The van der Waals surface area contributed by atoms with Crippen LogP contribution in [0.1, 0.15) is 219 Å². The molecule has 63 heavy (non-hydrogen) atoms. The van der Waals surface area contributed by atoms with Gasteiger partial charge in [0, 0.05) is 12.8 Å². The van der Waals surface area contributed by atoms with Crippen LogP contribution in [0.3, 0.4) is 0 Å². The molecule has 0 aromatic heterocycles. The molecular weight excluding hydrogens is 799 g/mol. The maximum absolute atomic E-state index is 12.9. The summed E-state index contributed by atoms with van der Waals surface area (Å²) in [7, 11) is 0. The third kappa shape index (κ3) is 33.1. The molecule has 7 atom stereocenters. The highest BCUT2D eigenvalue weighted by Gasteiger charge is 2.44. The fourth-order valence-electron chi connectivity index (χ4n) is 7.80. The van der Waals surface area contributed by atoms with E-state index in [2.05, 4.69) is 43.5 Å². The first-order valence-corrected chi connectivity index (χ1v) is 25.8. The highest BCUT2D eigenvalue weighted by Crippen LogP contribution is 2.23. The van der Waals surface area contributed by atoms with Gasteiger partial charge < -0.3 is 45.1 Å². The van der Waals surface area contributed by atoms with Crippen molar-refractivity contribution in [3.63, 3.8) is 0 Å². The van der Waals surface area contributed by atoms with Crippen molar-refractivity contribution < 1.29 is 49.3 Å². The van der Waals surface area contributed by atoms with Crippen molar-refractivity contribution in [1.82, 2.24) is 5.32 Å². The summed E-state index contributed by atoms with van der Waals surface area (Å²) in [5, 5.41) is 54.0. The number of hydrogen-bond donors (Lipinski definition) is 6. The predicted molar refractivity (Wildman–Crippen MR) is 255 cm³/mol. The second-order valence-corrected chi connectivity index (χ2v) is 17.9. The van der Waals surface area contributed by atoms with Crippen molar-refractivity contribution in [2.45, 2.75) is 262 Å². The van der Waals surface area contributed by atoms with Gasteiger partial charge in [-0.3, -0.25) is 9.59 Å². The third-order valence-electron chi connectivity index (χ3n) is 12.0. The molecule has 1 aliphatic rings. The van der Waals surface area contributed by atoms with Gasteiger partial charge in [-0.05, 0) is 77.0 Å². The minimum Gasteiger partial charge on any atom is -0.466 e. The first kappa shape index (κ1) is 58.9. The number of aliphatic hydroxyl groups is 5. The van der Waals surface area contributed by atoms with Gasteiger partial charge in [0.2, 0.25) is 5.91 Å². The van der Waals surface area contributed by atoms with Crippen LogP contribution in [0, 0.1) is 0 Å². The lowest BCUT2D eigenvalue weighted by atomic mass is 9.99. The van der Waals surface area contributed by atoms with Crippen LogP contribution in [0.2, 0.25) is 0 Å². The minimum absolute atomic E-state index is 0.0467. The van der Waals surface area contributed by atoms with Crippen LogP contribution in [-0.4, -0.2) is 100 Å². The van der Waals surface area contributed by atoms with Crippen molar-refractivity contribution in [1.29, 1.82) is 0 Å².